The van der Waals surface area contributed by atoms with Crippen LogP contribution in [0.15, 0.2) is 34.9 Å². The lowest BCUT2D eigenvalue weighted by Gasteiger charge is -2.04. The molecule has 0 spiro atoms. The number of hydrogen-bond acceptors (Lipinski definition) is 3. The topological polar surface area (TPSA) is 55.1 Å². The average molecular weight is 230 g/mol. The summed E-state index contributed by atoms with van der Waals surface area (Å²) in [4.78, 5) is 11.8. The Morgan fingerprint density at radius 2 is 2.00 bits per heavy atom. The molecule has 0 unspecified atom stereocenters. The van der Waals surface area contributed by atoms with Gasteiger partial charge in [-0.15, -0.1) is 0 Å². The Morgan fingerprint density at radius 3 is 2.59 bits per heavy atom. The molecule has 4 nitrogen and oxygen atoms in total. The highest BCUT2D eigenvalue weighted by Crippen LogP contribution is 2.14. The van der Waals surface area contributed by atoms with Crippen LogP contribution in [-0.2, 0) is 11.2 Å². The van der Waals surface area contributed by atoms with Crippen molar-refractivity contribution in [2.24, 2.45) is 0 Å². The standard InChI is InChI=1S/C13H14N2O2/c1-9-12(10(2)17-15-9)8-13(16)14-11-6-4-3-5-7-11/h3-7H,8H2,1-2H3,(H,14,16). The van der Waals surface area contributed by atoms with E-state index in [0.29, 0.717) is 5.76 Å². The molecule has 0 saturated heterocycles. The highest BCUT2D eigenvalue weighted by atomic mass is 16.5. The van der Waals surface area contributed by atoms with E-state index in [1.54, 1.807) is 0 Å². The summed E-state index contributed by atoms with van der Waals surface area (Å²) in [6.07, 6.45) is 0.288. The van der Waals surface area contributed by atoms with E-state index in [0.717, 1.165) is 16.9 Å². The molecule has 0 fully saturated rings. The van der Waals surface area contributed by atoms with Crippen LogP contribution >= 0.6 is 0 Å². The highest BCUT2D eigenvalue weighted by Gasteiger charge is 2.13. The summed E-state index contributed by atoms with van der Waals surface area (Å²) in [7, 11) is 0. The number of aryl methyl sites for hydroxylation is 2. The van der Waals surface area contributed by atoms with Crippen LogP contribution in [0.25, 0.3) is 0 Å². The monoisotopic (exact) mass is 230 g/mol. The Labute approximate surface area is 99.6 Å². The van der Waals surface area contributed by atoms with Crippen LogP contribution in [0.2, 0.25) is 0 Å². The van der Waals surface area contributed by atoms with Crippen LogP contribution < -0.4 is 5.32 Å². The Morgan fingerprint density at radius 1 is 1.29 bits per heavy atom. The summed E-state index contributed by atoms with van der Waals surface area (Å²) in [6.45, 7) is 3.65. The largest absolute Gasteiger partial charge is 0.361 e. The zero-order valence-electron chi connectivity index (χ0n) is 9.86. The van der Waals surface area contributed by atoms with E-state index in [4.69, 9.17) is 4.52 Å². The molecular weight excluding hydrogens is 216 g/mol. The Bertz CT molecular complexity index is 498. The van der Waals surface area contributed by atoms with Crippen molar-refractivity contribution in [3.8, 4) is 0 Å². The molecule has 0 bridgehead atoms. The third-order valence-electron chi connectivity index (χ3n) is 2.58. The van der Waals surface area contributed by atoms with Crippen molar-refractivity contribution in [2.45, 2.75) is 20.3 Å². The van der Waals surface area contributed by atoms with E-state index in [1.807, 2.05) is 44.2 Å². The van der Waals surface area contributed by atoms with Gasteiger partial charge in [-0.2, -0.15) is 0 Å². The molecule has 4 heteroatoms. The highest BCUT2D eigenvalue weighted by molar-refractivity contribution is 5.92. The first-order chi connectivity index (χ1) is 8.16. The van der Waals surface area contributed by atoms with Crippen molar-refractivity contribution in [3.05, 3.63) is 47.3 Å². The predicted molar refractivity (Wildman–Crippen MR) is 64.8 cm³/mol. The van der Waals surface area contributed by atoms with Gasteiger partial charge in [-0.3, -0.25) is 4.79 Å². The maximum absolute atomic E-state index is 11.8. The molecule has 1 N–H and O–H groups in total. The van der Waals surface area contributed by atoms with Crippen LogP contribution in [0.4, 0.5) is 5.69 Å². The van der Waals surface area contributed by atoms with Crippen molar-refractivity contribution in [1.29, 1.82) is 0 Å². The van der Waals surface area contributed by atoms with Crippen LogP contribution in [0.5, 0.6) is 0 Å². The molecule has 0 atom stereocenters. The molecule has 1 heterocycles. The summed E-state index contributed by atoms with van der Waals surface area (Å²) in [5.41, 5.74) is 2.42. The maximum Gasteiger partial charge on any atom is 0.228 e. The minimum Gasteiger partial charge on any atom is -0.361 e. The summed E-state index contributed by atoms with van der Waals surface area (Å²) in [5, 5.41) is 6.65. The zero-order chi connectivity index (χ0) is 12.3. The smallest absolute Gasteiger partial charge is 0.228 e. The minimum absolute atomic E-state index is 0.0643. The Balaban J connectivity index is 2.03. The average Bonchev–Trinajstić information content (AvgIpc) is 2.62. The first-order valence-electron chi connectivity index (χ1n) is 5.43. The number of anilines is 1. The lowest BCUT2D eigenvalue weighted by Crippen LogP contribution is -2.15. The molecule has 1 aromatic carbocycles. The molecule has 2 aromatic rings. The lowest BCUT2D eigenvalue weighted by molar-refractivity contribution is -0.115. The summed E-state index contributed by atoms with van der Waals surface area (Å²) in [6, 6.07) is 9.37. The van der Waals surface area contributed by atoms with E-state index >= 15 is 0 Å². The Kier molecular flexibility index (Phi) is 3.23. The predicted octanol–water partition coefficient (Wildman–Crippen LogP) is 2.47. The second-order valence-electron chi connectivity index (χ2n) is 3.89. The Hall–Kier alpha value is -2.10. The number of aromatic nitrogens is 1. The summed E-state index contributed by atoms with van der Waals surface area (Å²) >= 11 is 0. The van der Waals surface area contributed by atoms with Crippen molar-refractivity contribution >= 4 is 11.6 Å². The number of para-hydroxylation sites is 1. The van der Waals surface area contributed by atoms with Crippen LogP contribution in [0.1, 0.15) is 17.0 Å². The molecule has 0 aliphatic heterocycles. The van der Waals surface area contributed by atoms with Crippen molar-refractivity contribution < 1.29 is 9.32 Å². The van der Waals surface area contributed by atoms with Gasteiger partial charge in [0.15, 0.2) is 0 Å². The molecule has 2 rings (SSSR count). The van der Waals surface area contributed by atoms with Gasteiger partial charge in [0.2, 0.25) is 5.91 Å². The molecule has 1 amide bonds. The number of nitrogens with one attached hydrogen (secondary N) is 1. The molecule has 0 radical (unpaired) electrons. The fraction of sp³-hybridized carbons (Fsp3) is 0.231. The fourth-order valence-electron chi connectivity index (χ4n) is 1.64. The third-order valence-corrected chi connectivity index (χ3v) is 2.58. The maximum atomic E-state index is 11.8. The van der Waals surface area contributed by atoms with Crippen LogP contribution in [0.3, 0.4) is 0 Å². The van der Waals surface area contributed by atoms with E-state index in [1.165, 1.54) is 0 Å². The number of carbonyl (C=O) groups excluding carboxylic acids is 1. The minimum atomic E-state index is -0.0643. The molecule has 17 heavy (non-hydrogen) atoms. The van der Waals surface area contributed by atoms with E-state index in [-0.39, 0.29) is 12.3 Å². The van der Waals surface area contributed by atoms with Crippen molar-refractivity contribution in [3.63, 3.8) is 0 Å². The molecule has 0 saturated carbocycles. The van der Waals surface area contributed by atoms with Gasteiger partial charge in [-0.05, 0) is 26.0 Å². The van der Waals surface area contributed by atoms with Gasteiger partial charge in [-0.25, -0.2) is 0 Å². The van der Waals surface area contributed by atoms with Crippen LogP contribution in [-0.4, -0.2) is 11.1 Å². The van der Waals surface area contributed by atoms with Gasteiger partial charge in [0.05, 0.1) is 12.1 Å². The van der Waals surface area contributed by atoms with E-state index in [9.17, 15) is 4.79 Å². The lowest BCUT2D eigenvalue weighted by atomic mass is 10.1. The van der Waals surface area contributed by atoms with E-state index in [2.05, 4.69) is 10.5 Å². The zero-order valence-corrected chi connectivity index (χ0v) is 9.86. The van der Waals surface area contributed by atoms with Gasteiger partial charge in [0.1, 0.15) is 5.76 Å². The van der Waals surface area contributed by atoms with Gasteiger partial charge in [-0.1, -0.05) is 23.4 Å². The van der Waals surface area contributed by atoms with Gasteiger partial charge in [0.25, 0.3) is 0 Å². The number of hydrogen-bond donors (Lipinski definition) is 1. The molecule has 88 valence electrons. The number of amides is 1. The van der Waals surface area contributed by atoms with Crippen molar-refractivity contribution in [1.82, 2.24) is 5.16 Å². The van der Waals surface area contributed by atoms with Gasteiger partial charge < -0.3 is 9.84 Å². The quantitative estimate of drug-likeness (QED) is 0.881. The normalized spacial score (nSPS) is 10.2. The molecule has 0 aliphatic rings. The second-order valence-corrected chi connectivity index (χ2v) is 3.89. The van der Waals surface area contributed by atoms with Gasteiger partial charge in [0, 0.05) is 11.3 Å². The first kappa shape index (κ1) is 11.4. The van der Waals surface area contributed by atoms with Crippen LogP contribution in [0, 0.1) is 13.8 Å². The van der Waals surface area contributed by atoms with Crippen molar-refractivity contribution in [2.75, 3.05) is 5.32 Å². The SMILES string of the molecule is Cc1noc(C)c1CC(=O)Nc1ccccc1. The molecule has 1 aromatic heterocycles. The van der Waals surface area contributed by atoms with E-state index < -0.39 is 0 Å². The number of benzene rings is 1. The van der Waals surface area contributed by atoms with Gasteiger partial charge >= 0.3 is 0 Å². The molecule has 0 aliphatic carbocycles. The number of rotatable bonds is 3. The second kappa shape index (κ2) is 4.82. The first-order valence-corrected chi connectivity index (χ1v) is 5.43. The fourth-order valence-corrected chi connectivity index (χ4v) is 1.64. The summed E-state index contributed by atoms with van der Waals surface area (Å²) < 4.78 is 5.02. The third kappa shape index (κ3) is 2.72. The molecular formula is C13H14N2O2. The number of nitrogens with zero attached hydrogens (tertiary/aromatic N) is 1. The summed E-state index contributed by atoms with van der Waals surface area (Å²) in [5.74, 6) is 0.635. The number of carbonyl (C=O) groups is 1.